The van der Waals surface area contributed by atoms with Crippen molar-refractivity contribution >= 4 is 17.5 Å². The molecule has 1 saturated heterocycles. The maximum absolute atomic E-state index is 13.6. The van der Waals surface area contributed by atoms with Gasteiger partial charge in [-0.2, -0.15) is 0 Å². The molecule has 23 heavy (non-hydrogen) atoms. The van der Waals surface area contributed by atoms with Gasteiger partial charge in [-0.3, -0.25) is 14.6 Å². The van der Waals surface area contributed by atoms with E-state index in [0.29, 0.717) is 13.1 Å². The number of anilines is 1. The topological polar surface area (TPSA) is 62.3 Å². The zero-order valence-electron chi connectivity index (χ0n) is 12.4. The number of nitrogens with zero attached hydrogens (tertiary/aromatic N) is 2. The highest BCUT2D eigenvalue weighted by Gasteiger charge is 2.34. The fourth-order valence-electron chi connectivity index (χ4n) is 2.59. The lowest BCUT2D eigenvalue weighted by atomic mass is 10.1. The number of rotatable bonds is 4. The summed E-state index contributed by atoms with van der Waals surface area (Å²) in [6, 6.07) is 11.5. The Kier molecular flexibility index (Phi) is 4.32. The summed E-state index contributed by atoms with van der Waals surface area (Å²) >= 11 is 0. The molecular formula is C17H16FN3O2. The van der Waals surface area contributed by atoms with Gasteiger partial charge in [-0.05, 0) is 24.3 Å². The van der Waals surface area contributed by atoms with Gasteiger partial charge in [0, 0.05) is 19.2 Å². The molecule has 1 aromatic carbocycles. The Morgan fingerprint density at radius 2 is 2.04 bits per heavy atom. The molecule has 0 radical (unpaired) electrons. The van der Waals surface area contributed by atoms with Gasteiger partial charge in [0.25, 0.3) is 0 Å². The van der Waals surface area contributed by atoms with Crippen LogP contribution in [0.2, 0.25) is 0 Å². The number of amides is 2. The van der Waals surface area contributed by atoms with Crippen LogP contribution in [0.25, 0.3) is 0 Å². The maximum Gasteiger partial charge on any atom is 0.229 e. The Balaban J connectivity index is 1.63. The van der Waals surface area contributed by atoms with Crippen LogP contribution in [0, 0.1) is 11.7 Å². The van der Waals surface area contributed by atoms with Gasteiger partial charge >= 0.3 is 0 Å². The third-order valence-corrected chi connectivity index (χ3v) is 3.80. The number of nitrogens with one attached hydrogen (secondary N) is 1. The Morgan fingerprint density at radius 1 is 1.26 bits per heavy atom. The van der Waals surface area contributed by atoms with Gasteiger partial charge in [0.2, 0.25) is 11.8 Å². The normalized spacial score (nSPS) is 17.3. The van der Waals surface area contributed by atoms with Crippen LogP contribution < -0.4 is 5.32 Å². The van der Waals surface area contributed by atoms with E-state index in [2.05, 4.69) is 10.3 Å². The summed E-state index contributed by atoms with van der Waals surface area (Å²) in [5.41, 5.74) is 0.907. The average molecular weight is 313 g/mol. The first kappa shape index (κ1) is 15.1. The van der Waals surface area contributed by atoms with Gasteiger partial charge in [0.15, 0.2) is 0 Å². The number of aromatic nitrogens is 1. The van der Waals surface area contributed by atoms with E-state index in [-0.39, 0.29) is 23.9 Å². The summed E-state index contributed by atoms with van der Waals surface area (Å²) < 4.78 is 13.6. The molecule has 1 atom stereocenters. The largest absolute Gasteiger partial charge is 0.336 e. The molecule has 0 spiro atoms. The van der Waals surface area contributed by atoms with Crippen molar-refractivity contribution in [3.63, 3.8) is 0 Å². The first-order valence-electron chi connectivity index (χ1n) is 7.36. The van der Waals surface area contributed by atoms with Crippen molar-refractivity contribution in [2.75, 3.05) is 11.9 Å². The Morgan fingerprint density at radius 3 is 2.78 bits per heavy atom. The van der Waals surface area contributed by atoms with Crippen molar-refractivity contribution in [1.29, 1.82) is 0 Å². The second kappa shape index (κ2) is 6.56. The predicted octanol–water partition coefficient (Wildman–Crippen LogP) is 2.21. The average Bonchev–Trinajstić information content (AvgIpc) is 2.92. The summed E-state index contributed by atoms with van der Waals surface area (Å²) in [6.45, 7) is 0.693. The monoisotopic (exact) mass is 313 g/mol. The highest BCUT2D eigenvalue weighted by atomic mass is 19.1. The molecule has 0 aliphatic carbocycles. The maximum atomic E-state index is 13.6. The lowest BCUT2D eigenvalue weighted by molar-refractivity contribution is -0.128. The standard InChI is InChI=1S/C17H16FN3O2/c18-14-6-1-2-7-15(14)20-17(23)12-9-16(22)21(10-12)11-13-5-3-4-8-19-13/h1-8,12H,9-11H2,(H,20,23)/t12-/m1/s1. The Hall–Kier alpha value is -2.76. The van der Waals surface area contributed by atoms with Crippen LogP contribution in [0.3, 0.4) is 0 Å². The summed E-state index contributed by atoms with van der Waals surface area (Å²) in [5.74, 6) is -1.40. The summed E-state index contributed by atoms with van der Waals surface area (Å²) in [7, 11) is 0. The van der Waals surface area contributed by atoms with Crippen LogP contribution >= 0.6 is 0 Å². The van der Waals surface area contributed by atoms with E-state index in [4.69, 9.17) is 0 Å². The molecule has 5 nitrogen and oxygen atoms in total. The second-order valence-corrected chi connectivity index (χ2v) is 5.47. The highest BCUT2D eigenvalue weighted by molar-refractivity contribution is 5.97. The molecule has 1 aliphatic rings. The summed E-state index contributed by atoms with van der Waals surface area (Å²) in [5, 5.41) is 2.55. The van der Waals surface area contributed by atoms with Crippen molar-refractivity contribution in [2.45, 2.75) is 13.0 Å². The van der Waals surface area contributed by atoms with E-state index in [1.165, 1.54) is 12.1 Å². The minimum atomic E-state index is -0.490. The number of para-hydroxylation sites is 1. The van der Waals surface area contributed by atoms with Gasteiger partial charge in [-0.15, -0.1) is 0 Å². The first-order valence-corrected chi connectivity index (χ1v) is 7.36. The molecular weight excluding hydrogens is 297 g/mol. The number of likely N-dealkylation sites (tertiary alicyclic amines) is 1. The van der Waals surface area contributed by atoms with Gasteiger partial charge in [0.05, 0.1) is 23.8 Å². The fraction of sp³-hybridized carbons (Fsp3) is 0.235. The van der Waals surface area contributed by atoms with Gasteiger partial charge in [-0.25, -0.2) is 4.39 Å². The van der Waals surface area contributed by atoms with Gasteiger partial charge < -0.3 is 10.2 Å². The molecule has 118 valence electrons. The zero-order valence-corrected chi connectivity index (χ0v) is 12.4. The lowest BCUT2D eigenvalue weighted by Crippen LogP contribution is -2.28. The fourth-order valence-corrected chi connectivity index (χ4v) is 2.59. The molecule has 0 unspecified atom stereocenters. The SMILES string of the molecule is O=C(Nc1ccccc1F)[C@@H]1CC(=O)N(Cc2ccccn2)C1. The molecule has 2 aromatic rings. The first-order chi connectivity index (χ1) is 11.1. The predicted molar refractivity (Wildman–Crippen MR) is 82.8 cm³/mol. The minimum Gasteiger partial charge on any atom is -0.336 e. The third kappa shape index (κ3) is 3.53. The van der Waals surface area contributed by atoms with Crippen molar-refractivity contribution in [3.05, 3.63) is 60.2 Å². The molecule has 6 heteroatoms. The molecule has 1 fully saturated rings. The second-order valence-electron chi connectivity index (χ2n) is 5.47. The molecule has 1 aromatic heterocycles. The Bertz CT molecular complexity index is 721. The van der Waals surface area contributed by atoms with Gasteiger partial charge in [-0.1, -0.05) is 18.2 Å². The van der Waals surface area contributed by atoms with E-state index >= 15 is 0 Å². The number of carbonyl (C=O) groups excluding carboxylic acids is 2. The van der Waals surface area contributed by atoms with Crippen molar-refractivity contribution in [2.24, 2.45) is 5.92 Å². The smallest absolute Gasteiger partial charge is 0.229 e. The minimum absolute atomic E-state index is 0.0932. The summed E-state index contributed by atoms with van der Waals surface area (Å²) in [4.78, 5) is 30.1. The van der Waals surface area contributed by atoms with Crippen molar-refractivity contribution < 1.29 is 14.0 Å². The Labute approximate surface area is 133 Å². The highest BCUT2D eigenvalue weighted by Crippen LogP contribution is 2.22. The summed E-state index contributed by atoms with van der Waals surface area (Å²) in [6.07, 6.45) is 1.80. The number of hydrogen-bond donors (Lipinski definition) is 1. The van der Waals surface area contributed by atoms with Crippen LogP contribution in [0.15, 0.2) is 48.7 Å². The van der Waals surface area contributed by atoms with E-state index < -0.39 is 11.7 Å². The van der Waals surface area contributed by atoms with E-state index in [9.17, 15) is 14.0 Å². The van der Waals surface area contributed by atoms with Crippen LogP contribution in [-0.2, 0) is 16.1 Å². The van der Waals surface area contributed by atoms with Crippen molar-refractivity contribution in [1.82, 2.24) is 9.88 Å². The van der Waals surface area contributed by atoms with Crippen LogP contribution in [0.4, 0.5) is 10.1 Å². The van der Waals surface area contributed by atoms with E-state index in [0.717, 1.165) is 5.69 Å². The van der Waals surface area contributed by atoms with E-state index in [1.54, 1.807) is 29.3 Å². The molecule has 2 heterocycles. The van der Waals surface area contributed by atoms with E-state index in [1.807, 2.05) is 12.1 Å². The number of carbonyl (C=O) groups is 2. The number of halogens is 1. The molecule has 0 bridgehead atoms. The molecule has 2 amide bonds. The van der Waals surface area contributed by atoms with Crippen LogP contribution in [0.1, 0.15) is 12.1 Å². The molecule has 1 N–H and O–H groups in total. The molecule has 0 saturated carbocycles. The molecule has 1 aliphatic heterocycles. The van der Waals surface area contributed by atoms with Gasteiger partial charge in [0.1, 0.15) is 5.82 Å². The molecule has 3 rings (SSSR count). The zero-order chi connectivity index (χ0) is 16.2. The third-order valence-electron chi connectivity index (χ3n) is 3.80. The number of hydrogen-bond acceptors (Lipinski definition) is 3. The number of benzene rings is 1. The van der Waals surface area contributed by atoms with Crippen LogP contribution in [-0.4, -0.2) is 28.2 Å². The quantitative estimate of drug-likeness (QED) is 0.941. The van der Waals surface area contributed by atoms with Crippen molar-refractivity contribution in [3.8, 4) is 0 Å². The van der Waals surface area contributed by atoms with Crippen LogP contribution in [0.5, 0.6) is 0 Å². The lowest BCUT2D eigenvalue weighted by Gasteiger charge is -2.16. The number of pyridine rings is 1.